The van der Waals surface area contributed by atoms with Crippen molar-refractivity contribution in [2.24, 2.45) is 7.05 Å². The zero-order valence-corrected chi connectivity index (χ0v) is 17.9. The Bertz CT molecular complexity index is 1190. The Hall–Kier alpha value is -3.00. The van der Waals surface area contributed by atoms with Crippen molar-refractivity contribution in [3.05, 3.63) is 70.1 Å². The number of hydrogen-bond donors (Lipinski definition) is 1. The van der Waals surface area contributed by atoms with Crippen LogP contribution in [0.2, 0.25) is 0 Å². The van der Waals surface area contributed by atoms with Crippen LogP contribution >= 0.6 is 0 Å². The quantitative estimate of drug-likeness (QED) is 0.669. The SMILES string of the molecule is COc1ccccc1NS(=O)(=O)c1ccc(-n2c(=O)c(C(C)C)c(C)n2C)cc1. The highest BCUT2D eigenvalue weighted by Crippen LogP contribution is 2.26. The number of benzene rings is 2. The minimum Gasteiger partial charge on any atom is -0.495 e. The summed E-state index contributed by atoms with van der Waals surface area (Å²) in [4.78, 5) is 12.9. The fourth-order valence-corrected chi connectivity index (χ4v) is 4.45. The van der Waals surface area contributed by atoms with Crippen molar-refractivity contribution < 1.29 is 13.2 Å². The molecule has 0 unspecified atom stereocenters. The van der Waals surface area contributed by atoms with Crippen LogP contribution in [-0.2, 0) is 17.1 Å². The van der Waals surface area contributed by atoms with Gasteiger partial charge in [-0.25, -0.2) is 13.1 Å². The molecule has 0 spiro atoms. The maximum absolute atomic E-state index is 12.8. The zero-order chi connectivity index (χ0) is 21.3. The third-order valence-electron chi connectivity index (χ3n) is 4.92. The molecule has 0 aliphatic rings. The van der Waals surface area contributed by atoms with E-state index < -0.39 is 10.0 Å². The van der Waals surface area contributed by atoms with Crippen LogP contribution in [0, 0.1) is 6.92 Å². The molecule has 0 radical (unpaired) electrons. The van der Waals surface area contributed by atoms with Gasteiger partial charge in [-0.15, -0.1) is 0 Å². The van der Waals surface area contributed by atoms with Gasteiger partial charge in [-0.05, 0) is 49.2 Å². The third-order valence-corrected chi connectivity index (χ3v) is 6.30. The lowest BCUT2D eigenvalue weighted by molar-refractivity contribution is 0.417. The van der Waals surface area contributed by atoms with Crippen LogP contribution in [0.25, 0.3) is 5.69 Å². The molecule has 0 bridgehead atoms. The first-order valence-electron chi connectivity index (χ1n) is 9.22. The lowest BCUT2D eigenvalue weighted by Gasteiger charge is -2.12. The Kier molecular flexibility index (Phi) is 5.57. The van der Waals surface area contributed by atoms with Gasteiger partial charge in [0.15, 0.2) is 0 Å². The topological polar surface area (TPSA) is 82.3 Å². The number of nitrogens with zero attached hydrogens (tertiary/aromatic N) is 2. The van der Waals surface area contributed by atoms with Gasteiger partial charge < -0.3 is 4.74 Å². The summed E-state index contributed by atoms with van der Waals surface area (Å²) in [6.07, 6.45) is 0. The molecule has 0 fully saturated rings. The largest absolute Gasteiger partial charge is 0.495 e. The van der Waals surface area contributed by atoms with Gasteiger partial charge in [-0.1, -0.05) is 26.0 Å². The fourth-order valence-electron chi connectivity index (χ4n) is 3.38. The Morgan fingerprint density at radius 1 is 1.03 bits per heavy atom. The highest BCUT2D eigenvalue weighted by Gasteiger charge is 2.20. The molecule has 0 saturated heterocycles. The first kappa shape index (κ1) is 20.7. The van der Waals surface area contributed by atoms with Crippen LogP contribution in [0.5, 0.6) is 5.75 Å². The average Bonchev–Trinajstić information content (AvgIpc) is 2.90. The van der Waals surface area contributed by atoms with E-state index in [2.05, 4.69) is 4.72 Å². The molecule has 1 heterocycles. The smallest absolute Gasteiger partial charge is 0.275 e. The number of hydrogen-bond acceptors (Lipinski definition) is 4. The van der Waals surface area contributed by atoms with Crippen LogP contribution in [0.3, 0.4) is 0 Å². The summed E-state index contributed by atoms with van der Waals surface area (Å²) in [5.74, 6) is 0.527. The molecule has 3 aromatic rings. The van der Waals surface area contributed by atoms with Crippen LogP contribution in [-0.4, -0.2) is 24.9 Å². The van der Waals surface area contributed by atoms with E-state index in [1.165, 1.54) is 19.2 Å². The molecule has 2 aromatic carbocycles. The second-order valence-electron chi connectivity index (χ2n) is 7.09. The van der Waals surface area contributed by atoms with Gasteiger partial charge in [0.1, 0.15) is 5.75 Å². The Balaban J connectivity index is 1.97. The maximum atomic E-state index is 12.8. The second kappa shape index (κ2) is 7.79. The highest BCUT2D eigenvalue weighted by molar-refractivity contribution is 7.92. The summed E-state index contributed by atoms with van der Waals surface area (Å²) in [6.45, 7) is 5.86. The predicted octanol–water partition coefficient (Wildman–Crippen LogP) is 3.42. The number of sulfonamides is 1. The number of anilines is 1. The predicted molar refractivity (Wildman–Crippen MR) is 114 cm³/mol. The van der Waals surface area contributed by atoms with E-state index in [9.17, 15) is 13.2 Å². The van der Waals surface area contributed by atoms with Gasteiger partial charge in [-0.2, -0.15) is 0 Å². The molecular weight excluding hydrogens is 390 g/mol. The van der Waals surface area contributed by atoms with Gasteiger partial charge >= 0.3 is 0 Å². The summed E-state index contributed by atoms with van der Waals surface area (Å²) in [5.41, 5.74) is 2.50. The van der Waals surface area contributed by atoms with E-state index in [4.69, 9.17) is 4.74 Å². The number of methoxy groups -OCH3 is 1. The third kappa shape index (κ3) is 3.80. The number of para-hydroxylation sites is 2. The van der Waals surface area contributed by atoms with Crippen molar-refractivity contribution in [1.29, 1.82) is 0 Å². The number of nitrogens with one attached hydrogen (secondary N) is 1. The number of rotatable bonds is 6. The lowest BCUT2D eigenvalue weighted by Crippen LogP contribution is -2.21. The average molecular weight is 416 g/mol. The molecule has 1 aromatic heterocycles. The van der Waals surface area contributed by atoms with Gasteiger partial charge in [0.05, 0.1) is 23.4 Å². The van der Waals surface area contributed by atoms with E-state index >= 15 is 0 Å². The van der Waals surface area contributed by atoms with Crippen LogP contribution < -0.4 is 15.0 Å². The van der Waals surface area contributed by atoms with Gasteiger partial charge in [-0.3, -0.25) is 14.2 Å². The summed E-state index contributed by atoms with van der Waals surface area (Å²) in [6, 6.07) is 13.0. The minimum atomic E-state index is -3.81. The van der Waals surface area contributed by atoms with Gasteiger partial charge in [0, 0.05) is 18.3 Å². The monoisotopic (exact) mass is 415 g/mol. The molecule has 154 valence electrons. The van der Waals surface area contributed by atoms with Crippen molar-refractivity contribution in [2.75, 3.05) is 11.8 Å². The molecule has 0 atom stereocenters. The van der Waals surface area contributed by atoms with Crippen molar-refractivity contribution in [3.8, 4) is 11.4 Å². The van der Waals surface area contributed by atoms with E-state index in [1.807, 2.05) is 27.8 Å². The summed E-state index contributed by atoms with van der Waals surface area (Å²) in [5, 5.41) is 0. The summed E-state index contributed by atoms with van der Waals surface area (Å²) >= 11 is 0. The normalized spacial score (nSPS) is 11.7. The van der Waals surface area contributed by atoms with E-state index in [-0.39, 0.29) is 16.4 Å². The van der Waals surface area contributed by atoms with Crippen molar-refractivity contribution in [2.45, 2.75) is 31.6 Å². The van der Waals surface area contributed by atoms with Gasteiger partial charge in [0.2, 0.25) is 0 Å². The molecule has 0 aliphatic heterocycles. The molecule has 3 rings (SSSR count). The lowest BCUT2D eigenvalue weighted by atomic mass is 10.0. The molecule has 0 aliphatic carbocycles. The summed E-state index contributed by atoms with van der Waals surface area (Å²) in [7, 11) is -0.511. The number of ether oxygens (including phenoxy) is 1. The van der Waals surface area contributed by atoms with Crippen molar-refractivity contribution in [3.63, 3.8) is 0 Å². The Labute approximate surface area is 170 Å². The van der Waals surface area contributed by atoms with E-state index in [0.717, 1.165) is 11.3 Å². The summed E-state index contributed by atoms with van der Waals surface area (Å²) < 4.78 is 36.6. The van der Waals surface area contributed by atoms with Crippen molar-refractivity contribution >= 4 is 15.7 Å². The Morgan fingerprint density at radius 3 is 2.21 bits per heavy atom. The highest BCUT2D eigenvalue weighted by atomic mass is 32.2. The van der Waals surface area contributed by atoms with Crippen LogP contribution in [0.15, 0.2) is 58.2 Å². The molecule has 7 nitrogen and oxygen atoms in total. The van der Waals surface area contributed by atoms with E-state index in [1.54, 1.807) is 45.8 Å². The standard InChI is InChI=1S/C21H25N3O4S/c1-14(2)20-15(3)23(4)24(21(20)25)16-10-12-17(13-11-16)29(26,27)22-18-8-6-7-9-19(18)28-5/h6-14,22H,1-5H3. The molecule has 0 amide bonds. The zero-order valence-electron chi connectivity index (χ0n) is 17.1. The number of aromatic nitrogens is 2. The molecule has 0 saturated carbocycles. The molecular formula is C21H25N3O4S. The second-order valence-corrected chi connectivity index (χ2v) is 8.78. The molecule has 1 N–H and O–H groups in total. The van der Waals surface area contributed by atoms with Crippen LogP contribution in [0.1, 0.15) is 31.0 Å². The first-order valence-corrected chi connectivity index (χ1v) is 10.7. The Morgan fingerprint density at radius 2 is 1.66 bits per heavy atom. The maximum Gasteiger partial charge on any atom is 0.275 e. The molecule has 8 heteroatoms. The van der Waals surface area contributed by atoms with E-state index in [0.29, 0.717) is 17.1 Å². The van der Waals surface area contributed by atoms with Gasteiger partial charge in [0.25, 0.3) is 15.6 Å². The fraction of sp³-hybridized carbons (Fsp3) is 0.286. The first-order chi connectivity index (χ1) is 13.7. The molecule has 29 heavy (non-hydrogen) atoms. The van der Waals surface area contributed by atoms with Crippen LogP contribution in [0.4, 0.5) is 5.69 Å². The van der Waals surface area contributed by atoms with Crippen molar-refractivity contribution in [1.82, 2.24) is 9.36 Å². The minimum absolute atomic E-state index is 0.0928.